The van der Waals surface area contributed by atoms with Gasteiger partial charge in [0.2, 0.25) is 0 Å². The van der Waals surface area contributed by atoms with Crippen LogP contribution in [0.5, 0.6) is 0 Å². The molecule has 7 aromatic carbocycles. The van der Waals surface area contributed by atoms with Crippen molar-refractivity contribution in [3.63, 3.8) is 0 Å². The van der Waals surface area contributed by atoms with E-state index in [0.29, 0.717) is 22.5 Å². The van der Waals surface area contributed by atoms with Gasteiger partial charge in [-0.3, -0.25) is 14.0 Å². The second-order valence-corrected chi connectivity index (χ2v) is 13.6. The number of nitrogens with zero attached hydrogens (tertiary/aromatic N) is 2. The van der Waals surface area contributed by atoms with Gasteiger partial charge in [-0.15, -0.1) is 0 Å². The third-order valence-corrected chi connectivity index (χ3v) is 10.2. The molecule has 2 aromatic heterocycles. The smallest absolute Gasteiger partial charge is 0.264 e. The predicted molar refractivity (Wildman–Crippen MR) is 219 cm³/mol. The number of aromatic nitrogens is 2. The SMILES string of the molecule is C=C(C)c1ccc2c3ccc4c5c(ccc(c6ccc(C(C)=O)c1c62)c35)c(=O)n1c2ccccc2nc41.CC.CCCc1ccccc1C(C)C. The summed E-state index contributed by atoms with van der Waals surface area (Å²) in [5.41, 5.74) is 7.91. The first kappa shape index (κ1) is 33.9. The summed E-state index contributed by atoms with van der Waals surface area (Å²) in [4.78, 5) is 31.4. The fourth-order valence-electron chi connectivity index (χ4n) is 8.03. The highest BCUT2D eigenvalue weighted by molar-refractivity contribution is 6.39. The van der Waals surface area contributed by atoms with Gasteiger partial charge in [-0.05, 0) is 99.5 Å². The van der Waals surface area contributed by atoms with Crippen molar-refractivity contribution in [2.75, 3.05) is 0 Å². The number of pyridine rings is 1. The molecule has 51 heavy (non-hydrogen) atoms. The third kappa shape index (κ3) is 5.24. The van der Waals surface area contributed by atoms with E-state index in [0.717, 1.165) is 70.6 Å². The summed E-state index contributed by atoms with van der Waals surface area (Å²) in [6, 6.07) is 33.0. The van der Waals surface area contributed by atoms with Gasteiger partial charge in [0.25, 0.3) is 5.56 Å². The Balaban J connectivity index is 0.000000247. The lowest BCUT2D eigenvalue weighted by atomic mass is 9.84. The molecule has 2 heterocycles. The van der Waals surface area contributed by atoms with Gasteiger partial charge < -0.3 is 0 Å². The zero-order valence-electron chi connectivity index (χ0n) is 30.6. The molecule has 0 N–H and O–H groups in total. The van der Waals surface area contributed by atoms with Gasteiger partial charge in [0.1, 0.15) is 5.65 Å². The highest BCUT2D eigenvalue weighted by Crippen LogP contribution is 2.45. The number of hydrogen-bond acceptors (Lipinski definition) is 3. The quantitative estimate of drug-likeness (QED) is 0.104. The normalized spacial score (nSPS) is 11.6. The summed E-state index contributed by atoms with van der Waals surface area (Å²) in [6.07, 6.45) is 2.46. The van der Waals surface area contributed by atoms with Crippen molar-refractivity contribution in [2.45, 2.75) is 67.2 Å². The van der Waals surface area contributed by atoms with Crippen LogP contribution < -0.4 is 5.56 Å². The lowest BCUT2D eigenvalue weighted by molar-refractivity contribution is 0.101. The zero-order chi connectivity index (χ0) is 36.1. The topological polar surface area (TPSA) is 51.4 Å². The molecule has 0 spiro atoms. The number of para-hydroxylation sites is 2. The van der Waals surface area contributed by atoms with E-state index in [1.807, 2.05) is 57.2 Å². The summed E-state index contributed by atoms with van der Waals surface area (Å²) in [6.45, 7) is 18.5. The Morgan fingerprint density at radius 3 is 1.84 bits per heavy atom. The molecule has 0 amide bonds. The number of imidazole rings is 1. The minimum atomic E-state index is -0.0552. The Morgan fingerprint density at radius 2 is 1.22 bits per heavy atom. The van der Waals surface area contributed by atoms with Gasteiger partial charge in [0.15, 0.2) is 5.78 Å². The van der Waals surface area contributed by atoms with Crippen molar-refractivity contribution in [3.05, 3.63) is 136 Å². The summed E-state index contributed by atoms with van der Waals surface area (Å²) < 4.78 is 1.74. The molecule has 0 saturated carbocycles. The summed E-state index contributed by atoms with van der Waals surface area (Å²) in [5, 5.41) is 9.95. The molecule has 0 aliphatic rings. The van der Waals surface area contributed by atoms with Gasteiger partial charge in [-0.1, -0.05) is 126 Å². The van der Waals surface area contributed by atoms with Crippen LogP contribution in [0.15, 0.2) is 108 Å². The first-order valence-electron chi connectivity index (χ1n) is 18.2. The predicted octanol–water partition coefficient (Wildman–Crippen LogP) is 12.5. The van der Waals surface area contributed by atoms with Crippen LogP contribution in [0.25, 0.3) is 76.1 Å². The number of rotatable bonds is 5. The molecule has 0 aliphatic carbocycles. The number of carbonyl (C=O) groups is 1. The van der Waals surface area contributed by atoms with E-state index in [2.05, 4.69) is 88.0 Å². The van der Waals surface area contributed by atoms with E-state index in [1.54, 1.807) is 11.3 Å². The largest absolute Gasteiger partial charge is 0.294 e. The van der Waals surface area contributed by atoms with E-state index in [9.17, 15) is 9.59 Å². The molecule has 0 fully saturated rings. The maximum Gasteiger partial charge on any atom is 0.264 e. The number of ketones is 1. The van der Waals surface area contributed by atoms with Crippen LogP contribution in [-0.4, -0.2) is 15.2 Å². The first-order valence-corrected chi connectivity index (χ1v) is 18.2. The molecule has 4 nitrogen and oxygen atoms in total. The van der Waals surface area contributed by atoms with E-state index >= 15 is 0 Å². The van der Waals surface area contributed by atoms with E-state index in [4.69, 9.17) is 4.98 Å². The Labute approximate surface area is 298 Å². The van der Waals surface area contributed by atoms with Crippen LogP contribution in [0.4, 0.5) is 0 Å². The summed E-state index contributed by atoms with van der Waals surface area (Å²) in [7, 11) is 0. The number of Topliss-reactive ketones (excluding diaryl/α,β-unsaturated/α-hetero) is 1. The molecule has 0 bridgehead atoms. The molecule has 0 saturated heterocycles. The molecular weight excluding hydrogens is 625 g/mol. The maximum atomic E-state index is 13.8. The molecule has 254 valence electrons. The molecule has 9 aromatic rings. The molecule has 0 aliphatic heterocycles. The number of aryl methyl sites for hydroxylation is 1. The van der Waals surface area contributed by atoms with E-state index in [-0.39, 0.29) is 11.3 Å². The number of allylic oxidation sites excluding steroid dienone is 1. The lowest BCUT2D eigenvalue weighted by Crippen LogP contribution is -2.13. The summed E-state index contributed by atoms with van der Waals surface area (Å²) in [5.74, 6) is 0.694. The third-order valence-electron chi connectivity index (χ3n) is 10.2. The average Bonchev–Trinajstić information content (AvgIpc) is 3.54. The van der Waals surface area contributed by atoms with Crippen molar-refractivity contribution in [2.24, 2.45) is 0 Å². The minimum absolute atomic E-state index is 0.0340. The Morgan fingerprint density at radius 1 is 0.686 bits per heavy atom. The standard InChI is InChI=1S/C33H20N2O2.C12H18.C2H6/c1-16(2)18-8-10-20-22-12-14-24-31-25(33(37)35-27-7-5-4-6-26(27)34-32(24)35)15-13-23(30(22)31)21-11-9-19(17(3)36)28(18)29(20)21;1-4-7-11-8-5-6-9-12(11)10(2)3;1-2/h4-15H,1H2,2-3H3;5-6,8-10H,4,7H2,1-3H3;1-2H3. The maximum absolute atomic E-state index is 13.8. The van der Waals surface area contributed by atoms with Crippen molar-refractivity contribution < 1.29 is 4.79 Å². The molecule has 9 rings (SSSR count). The van der Waals surface area contributed by atoms with Gasteiger partial charge >= 0.3 is 0 Å². The van der Waals surface area contributed by atoms with Crippen molar-refractivity contribution in [3.8, 4) is 0 Å². The second-order valence-electron chi connectivity index (χ2n) is 13.6. The molecule has 0 radical (unpaired) electrons. The summed E-state index contributed by atoms with van der Waals surface area (Å²) >= 11 is 0. The van der Waals surface area contributed by atoms with Crippen LogP contribution in [0.2, 0.25) is 0 Å². The van der Waals surface area contributed by atoms with Crippen LogP contribution in [-0.2, 0) is 6.42 Å². The minimum Gasteiger partial charge on any atom is -0.294 e. The van der Waals surface area contributed by atoms with E-state index < -0.39 is 0 Å². The second kappa shape index (κ2) is 13.3. The number of benzene rings is 7. The number of fused-ring (bicyclic) bond motifs is 6. The van der Waals surface area contributed by atoms with Gasteiger partial charge in [0.05, 0.1) is 11.0 Å². The lowest BCUT2D eigenvalue weighted by Gasteiger charge is -2.19. The first-order chi connectivity index (χ1) is 24.7. The average molecular weight is 669 g/mol. The highest BCUT2D eigenvalue weighted by Gasteiger charge is 2.23. The monoisotopic (exact) mass is 668 g/mol. The van der Waals surface area contributed by atoms with Crippen LogP contribution in [0.3, 0.4) is 0 Å². The number of hydrogen-bond donors (Lipinski definition) is 0. The van der Waals surface area contributed by atoms with Crippen LogP contribution in [0, 0.1) is 0 Å². The molecule has 0 atom stereocenters. The van der Waals surface area contributed by atoms with E-state index in [1.165, 1.54) is 24.0 Å². The van der Waals surface area contributed by atoms with Crippen LogP contribution >= 0.6 is 0 Å². The number of carbonyl (C=O) groups excluding carboxylic acids is 1. The fourth-order valence-corrected chi connectivity index (χ4v) is 8.03. The van der Waals surface area contributed by atoms with Gasteiger partial charge in [-0.2, -0.15) is 0 Å². The van der Waals surface area contributed by atoms with Crippen LogP contribution in [0.1, 0.15) is 87.9 Å². The Hall–Kier alpha value is -5.61. The molecular formula is C47H44N2O2. The van der Waals surface area contributed by atoms with Gasteiger partial charge in [-0.25, -0.2) is 4.98 Å². The Bertz CT molecular complexity index is 2770. The van der Waals surface area contributed by atoms with Gasteiger partial charge in [0, 0.05) is 27.1 Å². The fraction of sp³-hybridized carbons (Fsp3) is 0.213. The van der Waals surface area contributed by atoms with Crippen molar-refractivity contribution in [1.82, 2.24) is 9.38 Å². The van der Waals surface area contributed by atoms with Crippen molar-refractivity contribution >= 4 is 81.9 Å². The molecule has 4 heteroatoms. The molecule has 0 unspecified atom stereocenters. The van der Waals surface area contributed by atoms with Crippen molar-refractivity contribution in [1.29, 1.82) is 0 Å². The highest BCUT2D eigenvalue weighted by atomic mass is 16.1. The zero-order valence-corrected chi connectivity index (χ0v) is 30.6. The Kier molecular flexibility index (Phi) is 8.81.